The molecule has 2 aromatic rings. The Bertz CT molecular complexity index is 1210. The maximum absolute atomic E-state index is 13.6. The van der Waals surface area contributed by atoms with Crippen LogP contribution in [0.3, 0.4) is 0 Å². The lowest BCUT2D eigenvalue weighted by Crippen LogP contribution is -2.52. The van der Waals surface area contributed by atoms with Gasteiger partial charge in [0.1, 0.15) is 11.9 Å². The first-order valence-electron chi connectivity index (χ1n) is 13.8. The van der Waals surface area contributed by atoms with Gasteiger partial charge in [0.05, 0.1) is 56.5 Å². The molecule has 0 spiro atoms. The predicted octanol–water partition coefficient (Wildman–Crippen LogP) is 2.78. The summed E-state index contributed by atoms with van der Waals surface area (Å²) in [5.41, 5.74) is 0.919. The van der Waals surface area contributed by atoms with Gasteiger partial charge < -0.3 is 34.1 Å². The van der Waals surface area contributed by atoms with Gasteiger partial charge in [-0.3, -0.25) is 0 Å². The van der Waals surface area contributed by atoms with E-state index in [2.05, 4.69) is 5.32 Å². The van der Waals surface area contributed by atoms with Crippen LogP contribution in [0.4, 0.5) is 4.79 Å². The third-order valence-electron chi connectivity index (χ3n) is 7.08. The van der Waals surface area contributed by atoms with Crippen molar-refractivity contribution in [1.82, 2.24) is 9.62 Å². The molecule has 11 nitrogen and oxygen atoms in total. The average molecular weight is 593 g/mol. The second kappa shape index (κ2) is 14.4. The highest BCUT2D eigenvalue weighted by Gasteiger charge is 2.44. The first-order chi connectivity index (χ1) is 19.7. The number of hydrogen-bond donors (Lipinski definition) is 2. The highest BCUT2D eigenvalue weighted by molar-refractivity contribution is 7.89. The lowest BCUT2D eigenvalue weighted by Gasteiger charge is -2.30. The van der Waals surface area contributed by atoms with Crippen LogP contribution in [0, 0.1) is 11.8 Å². The summed E-state index contributed by atoms with van der Waals surface area (Å²) in [5, 5.41) is 14.0. The number of methoxy groups -OCH3 is 1. The van der Waals surface area contributed by atoms with Gasteiger partial charge in [0.2, 0.25) is 10.0 Å². The molecule has 2 N–H and O–H groups in total. The predicted molar refractivity (Wildman–Crippen MR) is 150 cm³/mol. The van der Waals surface area contributed by atoms with E-state index in [0.717, 1.165) is 12.0 Å². The Labute approximate surface area is 241 Å². The average Bonchev–Trinajstić information content (AvgIpc) is 3.57. The molecule has 0 aromatic heterocycles. The molecule has 1 amide bonds. The van der Waals surface area contributed by atoms with Crippen LogP contribution in [0.15, 0.2) is 59.5 Å². The molecule has 226 valence electrons. The van der Waals surface area contributed by atoms with Crippen LogP contribution in [-0.4, -0.2) is 88.5 Å². The number of hydrogen-bond acceptors (Lipinski definition) is 9. The van der Waals surface area contributed by atoms with E-state index in [4.69, 9.17) is 23.7 Å². The maximum Gasteiger partial charge on any atom is 0.407 e. The minimum atomic E-state index is -3.97. The van der Waals surface area contributed by atoms with Crippen LogP contribution < -0.4 is 10.1 Å². The molecule has 0 bridgehead atoms. The second-order valence-corrected chi connectivity index (χ2v) is 12.6. The van der Waals surface area contributed by atoms with Crippen LogP contribution in [0.1, 0.15) is 25.8 Å². The van der Waals surface area contributed by atoms with Gasteiger partial charge in [-0.1, -0.05) is 44.2 Å². The summed E-state index contributed by atoms with van der Waals surface area (Å²) in [6, 6.07) is 14.6. The molecule has 0 saturated carbocycles. The Balaban J connectivity index is 1.47. The Hall–Kier alpha value is -2.74. The number of aliphatic hydroxyl groups excluding tert-OH is 1. The van der Waals surface area contributed by atoms with E-state index in [9.17, 15) is 18.3 Å². The monoisotopic (exact) mass is 592 g/mol. The van der Waals surface area contributed by atoms with Crippen LogP contribution >= 0.6 is 0 Å². The van der Waals surface area contributed by atoms with Gasteiger partial charge in [0.15, 0.2) is 6.29 Å². The number of carbonyl (C=O) groups excluding carboxylic acids is 1. The highest BCUT2D eigenvalue weighted by Crippen LogP contribution is 2.33. The lowest BCUT2D eigenvalue weighted by atomic mass is 10.0. The van der Waals surface area contributed by atoms with Crippen molar-refractivity contribution in [2.45, 2.75) is 56.3 Å². The summed E-state index contributed by atoms with van der Waals surface area (Å²) in [4.78, 5) is 13.0. The van der Waals surface area contributed by atoms with E-state index < -0.39 is 34.4 Å². The quantitative estimate of drug-likeness (QED) is 0.340. The number of aliphatic hydroxyl groups is 1. The van der Waals surface area contributed by atoms with Crippen LogP contribution in [0.25, 0.3) is 0 Å². The number of sulfonamides is 1. The van der Waals surface area contributed by atoms with Gasteiger partial charge in [0, 0.05) is 13.1 Å². The van der Waals surface area contributed by atoms with Gasteiger partial charge in [-0.15, -0.1) is 0 Å². The summed E-state index contributed by atoms with van der Waals surface area (Å²) >= 11 is 0. The zero-order valence-electron chi connectivity index (χ0n) is 23.7. The van der Waals surface area contributed by atoms with Gasteiger partial charge in [-0.25, -0.2) is 13.2 Å². The standard InChI is InChI=1S/C29H40N2O9S/c1-20(2)15-31(41(34,35)23-11-9-22(36-3)10-12-23)16-26(32)25(18-37-17-21-7-5-4-6-8-21)30-29(33)40-27-19-39-28-24(27)13-14-38-28/h4-12,20,24-28,32H,13-19H2,1-3H3,(H,30,33)/t24-,25-,26+,27-,28+/m0/s1. The Morgan fingerprint density at radius 1 is 1.10 bits per heavy atom. The largest absolute Gasteiger partial charge is 0.497 e. The number of amides is 1. The molecular weight excluding hydrogens is 552 g/mol. The van der Waals surface area contributed by atoms with Gasteiger partial charge >= 0.3 is 6.09 Å². The minimum Gasteiger partial charge on any atom is -0.497 e. The van der Waals surface area contributed by atoms with Crippen molar-refractivity contribution >= 4 is 16.1 Å². The van der Waals surface area contributed by atoms with E-state index in [0.29, 0.717) is 12.4 Å². The lowest BCUT2D eigenvalue weighted by molar-refractivity contribution is -0.0907. The second-order valence-electron chi connectivity index (χ2n) is 10.7. The summed E-state index contributed by atoms with van der Waals surface area (Å²) in [7, 11) is -2.47. The van der Waals surface area contributed by atoms with E-state index in [-0.39, 0.29) is 55.9 Å². The van der Waals surface area contributed by atoms with Crippen molar-refractivity contribution in [2.75, 3.05) is 40.0 Å². The zero-order valence-corrected chi connectivity index (χ0v) is 24.5. The number of ether oxygens (including phenoxy) is 5. The smallest absolute Gasteiger partial charge is 0.407 e. The molecule has 4 rings (SSSR count). The third-order valence-corrected chi connectivity index (χ3v) is 8.92. The zero-order chi connectivity index (χ0) is 29.4. The molecule has 5 atom stereocenters. The Kier molecular flexibility index (Phi) is 11.0. The van der Waals surface area contributed by atoms with E-state index in [1.54, 1.807) is 12.1 Å². The van der Waals surface area contributed by atoms with Gasteiger partial charge in [0.25, 0.3) is 0 Å². The molecule has 2 heterocycles. The molecule has 2 aliphatic heterocycles. The number of nitrogens with zero attached hydrogens (tertiary/aromatic N) is 1. The molecule has 2 aromatic carbocycles. The van der Waals surface area contributed by atoms with Crippen molar-refractivity contribution in [2.24, 2.45) is 11.8 Å². The summed E-state index contributed by atoms with van der Waals surface area (Å²) in [6.07, 6.45) is -2.17. The van der Waals surface area contributed by atoms with E-state index in [1.807, 2.05) is 44.2 Å². The first kappa shape index (κ1) is 31.2. The van der Waals surface area contributed by atoms with Crippen LogP contribution in [-0.2, 0) is 35.6 Å². The van der Waals surface area contributed by atoms with Crippen molar-refractivity contribution in [3.63, 3.8) is 0 Å². The SMILES string of the molecule is COc1ccc(S(=O)(=O)N(CC(C)C)C[C@@H](O)[C@H](COCc2ccccc2)NC(=O)O[C@H]2CO[C@H]3OCC[C@H]32)cc1. The minimum absolute atomic E-state index is 0.0233. The molecule has 0 unspecified atom stereocenters. The molecular formula is C29H40N2O9S. The van der Waals surface area contributed by atoms with Crippen molar-refractivity contribution in [1.29, 1.82) is 0 Å². The maximum atomic E-state index is 13.6. The Morgan fingerprint density at radius 2 is 1.83 bits per heavy atom. The molecule has 0 radical (unpaired) electrons. The van der Waals surface area contributed by atoms with Gasteiger partial charge in [-0.05, 0) is 42.2 Å². The molecule has 2 aliphatic rings. The number of alkyl carbamates (subject to hydrolysis) is 1. The molecule has 2 saturated heterocycles. The highest BCUT2D eigenvalue weighted by atomic mass is 32.2. The number of nitrogens with one attached hydrogen (secondary N) is 1. The number of benzene rings is 2. The van der Waals surface area contributed by atoms with Crippen molar-refractivity contribution in [3.05, 3.63) is 60.2 Å². The normalized spacial score (nSPS) is 22.0. The number of fused-ring (bicyclic) bond motifs is 1. The van der Waals surface area contributed by atoms with E-state index in [1.165, 1.54) is 23.5 Å². The topological polar surface area (TPSA) is 133 Å². The summed E-state index contributed by atoms with van der Waals surface area (Å²) in [5.74, 6) is 0.459. The van der Waals surface area contributed by atoms with Crippen LogP contribution in [0.2, 0.25) is 0 Å². The van der Waals surface area contributed by atoms with Crippen molar-refractivity contribution in [3.8, 4) is 5.75 Å². The molecule has 12 heteroatoms. The van der Waals surface area contributed by atoms with E-state index >= 15 is 0 Å². The Morgan fingerprint density at radius 3 is 2.51 bits per heavy atom. The molecule has 2 fully saturated rings. The fourth-order valence-corrected chi connectivity index (χ4v) is 6.53. The molecule has 41 heavy (non-hydrogen) atoms. The van der Waals surface area contributed by atoms with Gasteiger partial charge in [-0.2, -0.15) is 4.31 Å². The first-order valence-corrected chi connectivity index (χ1v) is 15.3. The number of rotatable bonds is 14. The summed E-state index contributed by atoms with van der Waals surface area (Å²) < 4.78 is 56.1. The third kappa shape index (κ3) is 8.40. The number of carbonyl (C=O) groups is 1. The fraction of sp³-hybridized carbons (Fsp3) is 0.552. The fourth-order valence-electron chi connectivity index (χ4n) is 4.91. The van der Waals surface area contributed by atoms with Crippen molar-refractivity contribution < 1.29 is 42.0 Å². The van der Waals surface area contributed by atoms with Crippen LogP contribution in [0.5, 0.6) is 5.75 Å². The summed E-state index contributed by atoms with van der Waals surface area (Å²) in [6.45, 7) is 4.62. The molecule has 0 aliphatic carbocycles.